The van der Waals surface area contributed by atoms with E-state index in [9.17, 15) is 9.18 Å². The van der Waals surface area contributed by atoms with E-state index in [1.54, 1.807) is 35.5 Å². The molecule has 7 heteroatoms. The Balaban J connectivity index is 1.52. The lowest BCUT2D eigenvalue weighted by Crippen LogP contribution is -2.31. The molecule has 4 rings (SSSR count). The molecule has 1 fully saturated rings. The van der Waals surface area contributed by atoms with Gasteiger partial charge in [-0.15, -0.1) is 5.10 Å². The van der Waals surface area contributed by atoms with Gasteiger partial charge in [-0.2, -0.15) is 0 Å². The van der Waals surface area contributed by atoms with Crippen LogP contribution < -0.4 is 0 Å². The van der Waals surface area contributed by atoms with E-state index in [1.165, 1.54) is 10.7 Å². The van der Waals surface area contributed by atoms with Gasteiger partial charge in [0, 0.05) is 18.3 Å². The fourth-order valence-corrected chi connectivity index (χ4v) is 3.31. The van der Waals surface area contributed by atoms with Crippen LogP contribution in [0.15, 0.2) is 54.9 Å². The molecule has 1 amide bonds. The maximum absolute atomic E-state index is 13.8. The van der Waals surface area contributed by atoms with Crippen LogP contribution >= 0.6 is 0 Å². The molecule has 2 aromatic heterocycles. The van der Waals surface area contributed by atoms with Gasteiger partial charge in [0.25, 0.3) is 5.91 Å². The van der Waals surface area contributed by atoms with Crippen LogP contribution in [0.2, 0.25) is 0 Å². The molecule has 0 unspecified atom stereocenters. The van der Waals surface area contributed by atoms with E-state index < -0.39 is 0 Å². The second kappa shape index (κ2) is 7.03. The second-order valence-corrected chi connectivity index (χ2v) is 6.30. The SMILES string of the molecule is O=C(c1cn(Cc2ccccc2F)nn1)N1CCC[C@H]1c1ccccn1. The highest BCUT2D eigenvalue weighted by Crippen LogP contribution is 2.31. The number of nitrogens with zero attached hydrogens (tertiary/aromatic N) is 5. The van der Waals surface area contributed by atoms with Gasteiger partial charge in [-0.05, 0) is 31.0 Å². The highest BCUT2D eigenvalue weighted by molar-refractivity contribution is 5.92. The largest absolute Gasteiger partial charge is 0.329 e. The van der Waals surface area contributed by atoms with E-state index in [4.69, 9.17) is 0 Å². The Morgan fingerprint density at radius 1 is 1.19 bits per heavy atom. The number of benzene rings is 1. The Hall–Kier alpha value is -3.09. The van der Waals surface area contributed by atoms with Crippen LogP contribution in [0.3, 0.4) is 0 Å². The average molecular weight is 351 g/mol. The summed E-state index contributed by atoms with van der Waals surface area (Å²) in [6.45, 7) is 0.900. The van der Waals surface area contributed by atoms with Crippen molar-refractivity contribution in [2.75, 3.05) is 6.54 Å². The molecule has 0 spiro atoms. The molecule has 1 saturated heterocycles. The third-order valence-electron chi connectivity index (χ3n) is 4.59. The molecule has 1 aliphatic rings. The van der Waals surface area contributed by atoms with Crippen molar-refractivity contribution < 1.29 is 9.18 Å². The molecule has 132 valence electrons. The number of hydrogen-bond donors (Lipinski definition) is 0. The van der Waals surface area contributed by atoms with Crippen molar-refractivity contribution in [3.05, 3.63) is 77.6 Å². The molecule has 0 bridgehead atoms. The van der Waals surface area contributed by atoms with Gasteiger partial charge >= 0.3 is 0 Å². The monoisotopic (exact) mass is 351 g/mol. The van der Waals surface area contributed by atoms with Gasteiger partial charge < -0.3 is 4.90 Å². The van der Waals surface area contributed by atoms with Crippen LogP contribution in [-0.2, 0) is 6.54 Å². The minimum absolute atomic E-state index is 0.0413. The Kier molecular flexibility index (Phi) is 4.43. The standard InChI is InChI=1S/C19H18FN5O/c20-15-7-2-1-6-14(15)12-24-13-17(22-23-24)19(26)25-11-5-9-18(25)16-8-3-4-10-21-16/h1-4,6-8,10,13,18H,5,9,11-12H2/t18-/m0/s1. The number of halogens is 1. The highest BCUT2D eigenvalue weighted by atomic mass is 19.1. The fraction of sp³-hybridized carbons (Fsp3) is 0.263. The molecule has 26 heavy (non-hydrogen) atoms. The summed E-state index contributed by atoms with van der Waals surface area (Å²) in [7, 11) is 0. The van der Waals surface area contributed by atoms with Gasteiger partial charge in [-0.3, -0.25) is 9.78 Å². The summed E-state index contributed by atoms with van der Waals surface area (Å²) in [4.78, 5) is 19.0. The van der Waals surface area contributed by atoms with E-state index >= 15 is 0 Å². The predicted octanol–water partition coefficient (Wildman–Crippen LogP) is 2.84. The minimum Gasteiger partial charge on any atom is -0.329 e. The van der Waals surface area contributed by atoms with Crippen molar-refractivity contribution >= 4 is 5.91 Å². The maximum Gasteiger partial charge on any atom is 0.276 e. The van der Waals surface area contributed by atoms with Crippen molar-refractivity contribution in [1.82, 2.24) is 24.9 Å². The van der Waals surface area contributed by atoms with Crippen LogP contribution in [0.1, 0.15) is 40.6 Å². The van der Waals surface area contributed by atoms with Gasteiger partial charge in [-0.1, -0.05) is 29.5 Å². The number of likely N-dealkylation sites (tertiary alicyclic amines) is 1. The summed E-state index contributed by atoms with van der Waals surface area (Å²) in [5.74, 6) is -0.469. The molecular formula is C19H18FN5O. The molecule has 0 N–H and O–H groups in total. The number of hydrogen-bond acceptors (Lipinski definition) is 4. The molecule has 3 heterocycles. The van der Waals surface area contributed by atoms with Crippen LogP contribution in [0.4, 0.5) is 4.39 Å². The van der Waals surface area contributed by atoms with E-state index in [2.05, 4.69) is 15.3 Å². The van der Waals surface area contributed by atoms with E-state index in [1.807, 2.05) is 18.2 Å². The summed E-state index contributed by atoms with van der Waals surface area (Å²) >= 11 is 0. The van der Waals surface area contributed by atoms with Gasteiger partial charge in [-0.25, -0.2) is 9.07 Å². The lowest BCUT2D eigenvalue weighted by Gasteiger charge is -2.23. The van der Waals surface area contributed by atoms with Crippen molar-refractivity contribution in [3.8, 4) is 0 Å². The van der Waals surface area contributed by atoms with Crippen LogP contribution in [0, 0.1) is 5.82 Å². The second-order valence-electron chi connectivity index (χ2n) is 6.30. The van der Waals surface area contributed by atoms with Crippen LogP contribution in [-0.4, -0.2) is 37.3 Å². The topological polar surface area (TPSA) is 63.9 Å². The van der Waals surface area contributed by atoms with E-state index in [-0.39, 0.29) is 30.0 Å². The summed E-state index contributed by atoms with van der Waals surface area (Å²) in [6, 6.07) is 12.2. The zero-order chi connectivity index (χ0) is 17.9. The normalized spacial score (nSPS) is 16.8. The number of rotatable bonds is 4. The van der Waals surface area contributed by atoms with Crippen molar-refractivity contribution in [2.24, 2.45) is 0 Å². The number of pyridine rings is 1. The summed E-state index contributed by atoms with van der Waals surface area (Å²) in [5.41, 5.74) is 1.66. The first kappa shape index (κ1) is 16.4. The highest BCUT2D eigenvalue weighted by Gasteiger charge is 2.32. The van der Waals surface area contributed by atoms with Crippen molar-refractivity contribution in [1.29, 1.82) is 0 Å². The quantitative estimate of drug-likeness (QED) is 0.725. The Labute approximate surface area is 150 Å². The average Bonchev–Trinajstić information content (AvgIpc) is 3.33. The first-order valence-corrected chi connectivity index (χ1v) is 8.58. The van der Waals surface area contributed by atoms with Crippen molar-refractivity contribution in [3.63, 3.8) is 0 Å². The third kappa shape index (κ3) is 3.20. The maximum atomic E-state index is 13.8. The Bertz CT molecular complexity index is 911. The van der Waals surface area contributed by atoms with Gasteiger partial charge in [0.15, 0.2) is 5.69 Å². The first-order valence-electron chi connectivity index (χ1n) is 8.58. The van der Waals surface area contributed by atoms with Gasteiger partial charge in [0.05, 0.1) is 24.5 Å². The lowest BCUT2D eigenvalue weighted by atomic mass is 10.1. The summed E-state index contributed by atoms with van der Waals surface area (Å²) in [6.07, 6.45) is 5.12. The molecule has 0 radical (unpaired) electrons. The summed E-state index contributed by atoms with van der Waals surface area (Å²) in [5, 5.41) is 7.97. The zero-order valence-corrected chi connectivity index (χ0v) is 14.1. The molecule has 1 aromatic carbocycles. The number of carbonyl (C=O) groups excluding carboxylic acids is 1. The number of carbonyl (C=O) groups is 1. The number of amides is 1. The number of aromatic nitrogens is 4. The summed E-state index contributed by atoms with van der Waals surface area (Å²) < 4.78 is 15.3. The third-order valence-corrected chi connectivity index (χ3v) is 4.59. The molecule has 1 atom stereocenters. The Morgan fingerprint density at radius 2 is 2.04 bits per heavy atom. The van der Waals surface area contributed by atoms with Crippen LogP contribution in [0.5, 0.6) is 0 Å². The zero-order valence-electron chi connectivity index (χ0n) is 14.1. The van der Waals surface area contributed by atoms with Crippen molar-refractivity contribution in [2.45, 2.75) is 25.4 Å². The van der Waals surface area contributed by atoms with E-state index in [0.717, 1.165) is 18.5 Å². The smallest absolute Gasteiger partial charge is 0.276 e. The molecule has 0 saturated carbocycles. The molecule has 3 aromatic rings. The lowest BCUT2D eigenvalue weighted by molar-refractivity contribution is 0.0727. The molecule has 1 aliphatic heterocycles. The molecule has 6 nitrogen and oxygen atoms in total. The van der Waals surface area contributed by atoms with Gasteiger partial charge in [0.1, 0.15) is 5.82 Å². The fourth-order valence-electron chi connectivity index (χ4n) is 3.31. The molecular weight excluding hydrogens is 333 g/mol. The Morgan fingerprint density at radius 3 is 2.85 bits per heavy atom. The van der Waals surface area contributed by atoms with Gasteiger partial charge in [0.2, 0.25) is 0 Å². The predicted molar refractivity (Wildman–Crippen MR) is 92.8 cm³/mol. The minimum atomic E-state index is -0.300. The first-order chi connectivity index (χ1) is 12.7. The van der Waals surface area contributed by atoms with Crippen LogP contribution in [0.25, 0.3) is 0 Å². The van der Waals surface area contributed by atoms with E-state index in [0.29, 0.717) is 12.1 Å². The molecule has 0 aliphatic carbocycles.